The second-order valence-corrected chi connectivity index (χ2v) is 7.34. The largest absolute Gasteiger partial charge is 0.493 e. The number of thiazole rings is 1. The molecule has 136 valence electrons. The predicted molar refractivity (Wildman–Crippen MR) is 103 cm³/mol. The van der Waals surface area contributed by atoms with Crippen molar-refractivity contribution in [3.8, 4) is 11.5 Å². The summed E-state index contributed by atoms with van der Waals surface area (Å²) < 4.78 is 10.7. The van der Waals surface area contributed by atoms with E-state index in [-0.39, 0.29) is 6.04 Å². The summed E-state index contributed by atoms with van der Waals surface area (Å²) in [4.78, 5) is 16.2. The molecule has 8 heteroatoms. The molecule has 2 N–H and O–H groups in total. The van der Waals surface area contributed by atoms with Crippen molar-refractivity contribution < 1.29 is 9.47 Å². The molecule has 0 saturated carbocycles. The fraction of sp³-hybridized carbons (Fsp3) is 0.389. The maximum absolute atomic E-state index is 6.24. The first-order chi connectivity index (χ1) is 12.6. The fourth-order valence-electron chi connectivity index (χ4n) is 3.44. The van der Waals surface area contributed by atoms with E-state index in [1.807, 2.05) is 19.1 Å². The van der Waals surface area contributed by atoms with Gasteiger partial charge in [0.25, 0.3) is 0 Å². The molecule has 1 fully saturated rings. The van der Waals surface area contributed by atoms with Gasteiger partial charge in [-0.3, -0.25) is 0 Å². The molecule has 0 radical (unpaired) electrons. The summed E-state index contributed by atoms with van der Waals surface area (Å²) in [6, 6.07) is 3.85. The van der Waals surface area contributed by atoms with E-state index >= 15 is 0 Å². The lowest BCUT2D eigenvalue weighted by atomic mass is 10.1. The van der Waals surface area contributed by atoms with Crippen molar-refractivity contribution in [3.05, 3.63) is 28.2 Å². The van der Waals surface area contributed by atoms with E-state index in [4.69, 9.17) is 20.2 Å². The van der Waals surface area contributed by atoms with Crippen LogP contribution in [0.15, 0.2) is 17.5 Å². The molecule has 0 spiro atoms. The molecular formula is C18H21N5O2S. The minimum absolute atomic E-state index is 0.192. The number of nitrogens with zero attached hydrogens (tertiary/aromatic N) is 4. The van der Waals surface area contributed by atoms with Crippen molar-refractivity contribution in [2.75, 3.05) is 31.4 Å². The summed E-state index contributed by atoms with van der Waals surface area (Å²) in [5.41, 5.74) is 8.06. The number of methoxy groups -OCH3 is 2. The van der Waals surface area contributed by atoms with Gasteiger partial charge in [-0.1, -0.05) is 0 Å². The van der Waals surface area contributed by atoms with Gasteiger partial charge in [-0.05, 0) is 25.8 Å². The molecule has 1 atom stereocenters. The van der Waals surface area contributed by atoms with Crippen molar-refractivity contribution in [3.63, 3.8) is 0 Å². The molecule has 1 saturated heterocycles. The first-order valence-corrected chi connectivity index (χ1v) is 9.36. The van der Waals surface area contributed by atoms with Crippen LogP contribution in [0.5, 0.6) is 11.5 Å². The molecule has 0 aliphatic carbocycles. The van der Waals surface area contributed by atoms with Crippen molar-refractivity contribution in [2.24, 2.45) is 0 Å². The molecule has 0 amide bonds. The average Bonchev–Trinajstić information content (AvgIpc) is 3.29. The van der Waals surface area contributed by atoms with Crippen molar-refractivity contribution >= 4 is 34.0 Å². The molecular weight excluding hydrogens is 350 g/mol. The number of ether oxygens (including phenoxy) is 2. The molecule has 7 nitrogen and oxygen atoms in total. The van der Waals surface area contributed by atoms with Crippen molar-refractivity contribution in [1.82, 2.24) is 15.0 Å². The van der Waals surface area contributed by atoms with E-state index in [1.54, 1.807) is 25.6 Å². The van der Waals surface area contributed by atoms with Crippen molar-refractivity contribution in [1.29, 1.82) is 0 Å². The normalized spacial score (nSPS) is 17.0. The van der Waals surface area contributed by atoms with E-state index in [9.17, 15) is 0 Å². The van der Waals surface area contributed by atoms with Crippen LogP contribution in [-0.4, -0.2) is 35.7 Å². The second kappa shape index (κ2) is 6.60. The quantitative estimate of drug-likeness (QED) is 0.752. The monoisotopic (exact) mass is 371 g/mol. The van der Waals surface area contributed by atoms with Gasteiger partial charge in [0.2, 0.25) is 5.95 Å². The minimum Gasteiger partial charge on any atom is -0.493 e. The first-order valence-electron chi connectivity index (χ1n) is 8.48. The fourth-order valence-corrected chi connectivity index (χ4v) is 4.10. The van der Waals surface area contributed by atoms with Crippen LogP contribution >= 0.6 is 11.3 Å². The Bertz CT molecular complexity index is 958. The summed E-state index contributed by atoms with van der Waals surface area (Å²) in [5, 5.41) is 3.95. The predicted octanol–water partition coefficient (Wildman–Crippen LogP) is 3.34. The van der Waals surface area contributed by atoms with Crippen LogP contribution in [0, 0.1) is 6.92 Å². The third-order valence-electron chi connectivity index (χ3n) is 4.71. The number of fused-ring (bicyclic) bond motifs is 1. The zero-order valence-corrected chi connectivity index (χ0v) is 15.8. The molecule has 3 heterocycles. The van der Waals surface area contributed by atoms with Gasteiger partial charge < -0.3 is 20.1 Å². The molecule has 26 heavy (non-hydrogen) atoms. The van der Waals surface area contributed by atoms with E-state index in [2.05, 4.69) is 20.2 Å². The highest BCUT2D eigenvalue weighted by Crippen LogP contribution is 2.38. The summed E-state index contributed by atoms with van der Waals surface area (Å²) >= 11 is 1.67. The number of anilines is 2. The Morgan fingerprint density at radius 3 is 2.62 bits per heavy atom. The van der Waals surface area contributed by atoms with Gasteiger partial charge in [0, 0.05) is 23.4 Å². The van der Waals surface area contributed by atoms with E-state index in [1.165, 1.54) is 0 Å². The molecule has 1 aliphatic rings. The van der Waals surface area contributed by atoms with Crippen LogP contribution in [0.3, 0.4) is 0 Å². The zero-order valence-electron chi connectivity index (χ0n) is 15.0. The van der Waals surface area contributed by atoms with Gasteiger partial charge in [0.15, 0.2) is 11.5 Å². The highest BCUT2D eigenvalue weighted by atomic mass is 32.1. The summed E-state index contributed by atoms with van der Waals surface area (Å²) in [5.74, 6) is 2.30. The number of benzene rings is 1. The lowest BCUT2D eigenvalue weighted by molar-refractivity contribution is 0.356. The lowest BCUT2D eigenvalue weighted by Gasteiger charge is -2.24. The Hall–Kier alpha value is -2.61. The average molecular weight is 371 g/mol. The number of hydrogen-bond acceptors (Lipinski definition) is 8. The Kier molecular flexibility index (Phi) is 4.28. The molecule has 0 bridgehead atoms. The Morgan fingerprint density at radius 2 is 1.92 bits per heavy atom. The van der Waals surface area contributed by atoms with Gasteiger partial charge in [-0.2, -0.15) is 4.98 Å². The third-order valence-corrected chi connectivity index (χ3v) is 5.50. The number of hydrogen-bond donors (Lipinski definition) is 1. The standard InChI is InChI=1S/C18H21N5O2S/c1-10-20-13(9-26-10)14-5-4-6-23(14)18-21-12-8-16(25-3)15(24-2)7-11(12)17(19)22-18/h7-9,14H,4-6H2,1-3H3,(H2,19,21,22). The van der Waals surface area contributed by atoms with Crippen LogP contribution < -0.4 is 20.1 Å². The van der Waals surface area contributed by atoms with Crippen molar-refractivity contribution in [2.45, 2.75) is 25.8 Å². The van der Waals surface area contributed by atoms with E-state index in [0.717, 1.165) is 41.0 Å². The van der Waals surface area contributed by atoms with Crippen LogP contribution in [-0.2, 0) is 0 Å². The molecule has 1 unspecified atom stereocenters. The van der Waals surface area contributed by atoms with E-state index in [0.29, 0.717) is 23.3 Å². The van der Waals surface area contributed by atoms with Gasteiger partial charge in [0.1, 0.15) is 5.82 Å². The van der Waals surface area contributed by atoms with Crippen LogP contribution in [0.4, 0.5) is 11.8 Å². The summed E-state index contributed by atoms with van der Waals surface area (Å²) in [6.45, 7) is 2.91. The minimum atomic E-state index is 0.192. The number of rotatable bonds is 4. The van der Waals surface area contributed by atoms with Gasteiger partial charge in [-0.25, -0.2) is 9.97 Å². The summed E-state index contributed by atoms with van der Waals surface area (Å²) in [6.07, 6.45) is 2.12. The smallest absolute Gasteiger partial charge is 0.228 e. The third kappa shape index (κ3) is 2.80. The Labute approximate surface area is 155 Å². The topological polar surface area (TPSA) is 86.4 Å². The SMILES string of the molecule is COc1cc2nc(N3CCCC3c3csc(C)n3)nc(N)c2cc1OC. The number of aryl methyl sites for hydroxylation is 1. The van der Waals surface area contributed by atoms with Gasteiger partial charge in [0.05, 0.1) is 36.5 Å². The van der Waals surface area contributed by atoms with Gasteiger partial charge in [-0.15, -0.1) is 11.3 Å². The zero-order chi connectivity index (χ0) is 18.3. The van der Waals surface area contributed by atoms with Crippen LogP contribution in [0.2, 0.25) is 0 Å². The molecule has 3 aromatic rings. The lowest BCUT2D eigenvalue weighted by Crippen LogP contribution is -2.25. The highest BCUT2D eigenvalue weighted by molar-refractivity contribution is 7.09. The number of nitrogen functional groups attached to an aromatic ring is 1. The number of aromatic nitrogens is 3. The Balaban J connectivity index is 1.78. The maximum atomic E-state index is 6.24. The van der Waals surface area contributed by atoms with E-state index < -0.39 is 0 Å². The molecule has 1 aromatic carbocycles. The maximum Gasteiger partial charge on any atom is 0.228 e. The summed E-state index contributed by atoms with van der Waals surface area (Å²) in [7, 11) is 3.20. The molecule has 1 aliphatic heterocycles. The van der Waals surface area contributed by atoms with Crippen LogP contribution in [0.25, 0.3) is 10.9 Å². The first kappa shape index (κ1) is 16.8. The Morgan fingerprint density at radius 1 is 1.15 bits per heavy atom. The van der Waals surface area contributed by atoms with Gasteiger partial charge >= 0.3 is 0 Å². The van der Waals surface area contributed by atoms with Crippen LogP contribution in [0.1, 0.15) is 29.6 Å². The molecule has 2 aromatic heterocycles. The highest BCUT2D eigenvalue weighted by Gasteiger charge is 2.30. The molecule has 4 rings (SSSR count). The number of nitrogens with two attached hydrogens (primary N) is 1. The second-order valence-electron chi connectivity index (χ2n) is 6.28.